The molecule has 6 heteroatoms. The highest BCUT2D eigenvalue weighted by Crippen LogP contribution is 2.26. The quantitative estimate of drug-likeness (QED) is 0.720. The lowest BCUT2D eigenvalue weighted by Gasteiger charge is -2.36. The predicted molar refractivity (Wildman–Crippen MR) is 94.8 cm³/mol. The molecule has 1 amide bonds. The van der Waals surface area contributed by atoms with E-state index >= 15 is 0 Å². The van der Waals surface area contributed by atoms with E-state index in [2.05, 4.69) is 9.88 Å². The Morgan fingerprint density at radius 1 is 1.00 bits per heavy atom. The average molecular weight is 341 g/mol. The highest BCUT2D eigenvalue weighted by molar-refractivity contribution is 6.33. The fourth-order valence-electron chi connectivity index (χ4n) is 3.06. The van der Waals surface area contributed by atoms with Crippen LogP contribution < -0.4 is 4.90 Å². The van der Waals surface area contributed by atoms with Crippen molar-refractivity contribution in [2.24, 2.45) is 0 Å². The molecule has 0 radical (unpaired) electrons. The zero-order valence-corrected chi connectivity index (χ0v) is 13.9. The Balaban J connectivity index is 1.47. The first-order valence-corrected chi connectivity index (χ1v) is 8.33. The van der Waals surface area contributed by atoms with Crippen LogP contribution in [0.3, 0.4) is 0 Å². The topological polar surface area (TPSA) is 40.9 Å². The molecule has 1 aliphatic heterocycles. The van der Waals surface area contributed by atoms with Crippen molar-refractivity contribution in [3.05, 3.63) is 65.6 Å². The third-order valence-corrected chi connectivity index (χ3v) is 4.66. The van der Waals surface area contributed by atoms with Crippen LogP contribution in [0.15, 0.2) is 54.9 Å². The molecule has 2 aromatic heterocycles. The van der Waals surface area contributed by atoms with Crippen LogP contribution >= 0.6 is 11.6 Å². The SMILES string of the molecule is O=C(c1cn2ccccc2n1)N1CCN(c2ccccc2Cl)CC1. The lowest BCUT2D eigenvalue weighted by atomic mass is 10.2. The summed E-state index contributed by atoms with van der Waals surface area (Å²) in [5.74, 6) is -0.0162. The number of imidazole rings is 1. The molecule has 0 unspecified atom stereocenters. The standard InChI is InChI=1S/C18H17ClN4O/c19-14-5-1-2-6-16(14)21-9-11-22(12-10-21)18(24)15-13-23-8-4-3-7-17(23)20-15/h1-8,13H,9-12H2. The second-order valence-electron chi connectivity index (χ2n) is 5.82. The minimum Gasteiger partial charge on any atom is -0.367 e. The maximum absolute atomic E-state index is 12.7. The first kappa shape index (κ1) is 15.0. The molecule has 1 saturated heterocycles. The van der Waals surface area contributed by atoms with Gasteiger partial charge in [-0.05, 0) is 24.3 Å². The molecule has 1 aliphatic rings. The van der Waals surface area contributed by atoms with Crippen molar-refractivity contribution >= 4 is 28.8 Å². The Morgan fingerprint density at radius 2 is 1.75 bits per heavy atom. The minimum absolute atomic E-state index is 0.0162. The lowest BCUT2D eigenvalue weighted by Crippen LogP contribution is -2.49. The minimum atomic E-state index is -0.0162. The van der Waals surface area contributed by atoms with E-state index in [0.717, 1.165) is 29.4 Å². The first-order valence-electron chi connectivity index (χ1n) is 7.95. The number of piperazine rings is 1. The van der Waals surface area contributed by atoms with Crippen LogP contribution in [0.5, 0.6) is 0 Å². The number of carbonyl (C=O) groups is 1. The highest BCUT2D eigenvalue weighted by atomic mass is 35.5. The van der Waals surface area contributed by atoms with Gasteiger partial charge in [0.2, 0.25) is 0 Å². The van der Waals surface area contributed by atoms with Crippen LogP contribution in [-0.2, 0) is 0 Å². The summed E-state index contributed by atoms with van der Waals surface area (Å²) in [4.78, 5) is 21.2. The van der Waals surface area contributed by atoms with Gasteiger partial charge in [0.15, 0.2) is 0 Å². The van der Waals surface area contributed by atoms with Crippen molar-refractivity contribution in [2.45, 2.75) is 0 Å². The number of nitrogens with zero attached hydrogens (tertiary/aromatic N) is 4. The molecule has 5 nitrogen and oxygen atoms in total. The number of carbonyl (C=O) groups excluding carboxylic acids is 1. The van der Waals surface area contributed by atoms with Crippen LogP contribution in [-0.4, -0.2) is 46.4 Å². The van der Waals surface area contributed by atoms with Crippen LogP contribution in [0, 0.1) is 0 Å². The van der Waals surface area contributed by atoms with E-state index in [1.54, 1.807) is 6.20 Å². The number of pyridine rings is 1. The number of hydrogen-bond acceptors (Lipinski definition) is 3. The summed E-state index contributed by atoms with van der Waals surface area (Å²) < 4.78 is 1.87. The number of para-hydroxylation sites is 1. The molecule has 1 aromatic carbocycles. The van der Waals surface area contributed by atoms with Gasteiger partial charge in [0, 0.05) is 38.6 Å². The van der Waals surface area contributed by atoms with E-state index < -0.39 is 0 Å². The average Bonchev–Trinajstić information content (AvgIpc) is 3.06. The predicted octanol–water partition coefficient (Wildman–Crippen LogP) is 2.95. The van der Waals surface area contributed by atoms with Crippen molar-refractivity contribution in [3.8, 4) is 0 Å². The summed E-state index contributed by atoms with van der Waals surface area (Å²) >= 11 is 6.26. The van der Waals surface area contributed by atoms with Crippen LogP contribution in [0.4, 0.5) is 5.69 Å². The fourth-order valence-corrected chi connectivity index (χ4v) is 3.31. The summed E-state index contributed by atoms with van der Waals surface area (Å²) in [6.07, 6.45) is 3.69. The van der Waals surface area contributed by atoms with Gasteiger partial charge in [-0.25, -0.2) is 4.98 Å². The van der Waals surface area contributed by atoms with E-state index in [-0.39, 0.29) is 5.91 Å². The Morgan fingerprint density at radius 3 is 2.50 bits per heavy atom. The van der Waals surface area contributed by atoms with Gasteiger partial charge in [-0.2, -0.15) is 0 Å². The van der Waals surface area contributed by atoms with Crippen molar-refractivity contribution < 1.29 is 4.79 Å². The van der Waals surface area contributed by atoms with Crippen molar-refractivity contribution in [2.75, 3.05) is 31.1 Å². The smallest absolute Gasteiger partial charge is 0.274 e. The summed E-state index contributed by atoms with van der Waals surface area (Å²) in [7, 11) is 0. The van der Waals surface area contributed by atoms with Gasteiger partial charge >= 0.3 is 0 Å². The maximum Gasteiger partial charge on any atom is 0.274 e. The third-order valence-electron chi connectivity index (χ3n) is 4.34. The van der Waals surface area contributed by atoms with Gasteiger partial charge in [0.05, 0.1) is 10.7 Å². The molecule has 3 aromatic rings. The largest absolute Gasteiger partial charge is 0.367 e. The first-order chi connectivity index (χ1) is 11.7. The second-order valence-corrected chi connectivity index (χ2v) is 6.23. The Bertz CT molecular complexity index is 850. The molecule has 0 N–H and O–H groups in total. The van der Waals surface area contributed by atoms with Crippen molar-refractivity contribution in [1.29, 1.82) is 0 Å². The molecule has 0 aliphatic carbocycles. The maximum atomic E-state index is 12.7. The fraction of sp³-hybridized carbons (Fsp3) is 0.222. The second kappa shape index (κ2) is 6.17. The zero-order valence-electron chi connectivity index (χ0n) is 13.1. The molecular formula is C18H17ClN4O. The molecular weight excluding hydrogens is 324 g/mol. The number of anilines is 1. The molecule has 0 atom stereocenters. The zero-order chi connectivity index (χ0) is 16.5. The number of rotatable bonds is 2. The lowest BCUT2D eigenvalue weighted by molar-refractivity contribution is 0.0741. The number of amides is 1. The van der Waals surface area contributed by atoms with Crippen LogP contribution in [0.25, 0.3) is 5.65 Å². The summed E-state index contributed by atoms with van der Waals surface area (Å²) in [5, 5.41) is 0.748. The van der Waals surface area contributed by atoms with Gasteiger partial charge < -0.3 is 14.2 Å². The molecule has 4 rings (SSSR count). The third kappa shape index (κ3) is 2.71. The molecule has 1 fully saturated rings. The molecule has 3 heterocycles. The van der Waals surface area contributed by atoms with Gasteiger partial charge in [-0.3, -0.25) is 4.79 Å². The van der Waals surface area contributed by atoms with Crippen LogP contribution in [0.2, 0.25) is 5.02 Å². The summed E-state index contributed by atoms with van der Waals surface area (Å²) in [5.41, 5.74) is 2.31. The molecule has 122 valence electrons. The van der Waals surface area contributed by atoms with Gasteiger partial charge in [0.1, 0.15) is 11.3 Å². The number of aromatic nitrogens is 2. The van der Waals surface area contributed by atoms with E-state index in [1.807, 2.05) is 58.0 Å². The van der Waals surface area contributed by atoms with Gasteiger partial charge in [0.25, 0.3) is 5.91 Å². The van der Waals surface area contributed by atoms with Crippen molar-refractivity contribution in [1.82, 2.24) is 14.3 Å². The number of fused-ring (bicyclic) bond motifs is 1. The van der Waals surface area contributed by atoms with Gasteiger partial charge in [-0.1, -0.05) is 29.8 Å². The molecule has 0 spiro atoms. The number of benzene rings is 1. The highest BCUT2D eigenvalue weighted by Gasteiger charge is 2.24. The van der Waals surface area contributed by atoms with Crippen molar-refractivity contribution in [3.63, 3.8) is 0 Å². The molecule has 0 saturated carbocycles. The Labute approximate surface area is 145 Å². The Kier molecular flexibility index (Phi) is 3.86. The Hall–Kier alpha value is -2.53. The van der Waals surface area contributed by atoms with E-state index in [1.165, 1.54) is 0 Å². The van der Waals surface area contributed by atoms with E-state index in [4.69, 9.17) is 11.6 Å². The molecule has 0 bridgehead atoms. The van der Waals surface area contributed by atoms with Crippen LogP contribution in [0.1, 0.15) is 10.5 Å². The van der Waals surface area contributed by atoms with E-state index in [0.29, 0.717) is 18.8 Å². The van der Waals surface area contributed by atoms with Gasteiger partial charge in [-0.15, -0.1) is 0 Å². The monoisotopic (exact) mass is 340 g/mol. The number of halogens is 1. The summed E-state index contributed by atoms with van der Waals surface area (Å²) in [6.45, 7) is 2.86. The number of hydrogen-bond donors (Lipinski definition) is 0. The van der Waals surface area contributed by atoms with E-state index in [9.17, 15) is 4.79 Å². The normalized spacial score (nSPS) is 15.0. The molecule has 24 heavy (non-hydrogen) atoms. The summed E-state index contributed by atoms with van der Waals surface area (Å²) in [6, 6.07) is 13.5.